The summed E-state index contributed by atoms with van der Waals surface area (Å²) in [6, 6.07) is -0.440. The molecule has 4 aliphatic carbocycles. The molecular weight excluding hydrogens is 378 g/mol. The Balaban J connectivity index is 1.51. The standard InChI is InChI=1S/C21H33NO5S/c1-12(23)15-5-6-16-14-4-3-13-9-19(24)18-10-21(13,11-27-28(25,26)22-18)17(14)7-8-20(15,16)2/h13-19,22,24H,3-11H2,1-2H3/t13-,14-,15+,16-,17-,18-,19-,20+,21+/m0/s1. The van der Waals surface area contributed by atoms with E-state index in [4.69, 9.17) is 4.18 Å². The van der Waals surface area contributed by atoms with Crippen LogP contribution in [0.3, 0.4) is 0 Å². The third kappa shape index (κ3) is 2.62. The molecule has 6 nitrogen and oxygen atoms in total. The van der Waals surface area contributed by atoms with Crippen LogP contribution in [0, 0.1) is 40.4 Å². The van der Waals surface area contributed by atoms with Crippen molar-refractivity contribution in [3.63, 3.8) is 0 Å². The first-order chi connectivity index (χ1) is 13.2. The molecule has 5 fully saturated rings. The van der Waals surface area contributed by atoms with Gasteiger partial charge in [0.25, 0.3) is 0 Å². The Morgan fingerprint density at radius 3 is 2.68 bits per heavy atom. The number of aliphatic hydroxyl groups is 1. The van der Waals surface area contributed by atoms with E-state index < -0.39 is 22.4 Å². The molecule has 0 radical (unpaired) electrons. The van der Waals surface area contributed by atoms with Gasteiger partial charge in [-0.15, -0.1) is 0 Å². The maximum absolute atomic E-state index is 12.3. The maximum atomic E-state index is 12.3. The highest BCUT2D eigenvalue weighted by Gasteiger charge is 2.64. The van der Waals surface area contributed by atoms with Crippen molar-refractivity contribution in [3.8, 4) is 0 Å². The molecule has 1 spiro atoms. The van der Waals surface area contributed by atoms with Crippen LogP contribution in [0.4, 0.5) is 0 Å². The zero-order valence-electron chi connectivity index (χ0n) is 16.9. The summed E-state index contributed by atoms with van der Waals surface area (Å²) in [5.74, 6) is 2.36. The highest BCUT2D eigenvalue weighted by molar-refractivity contribution is 7.84. The number of carbonyl (C=O) groups excluding carboxylic acids is 1. The van der Waals surface area contributed by atoms with Gasteiger partial charge in [0.1, 0.15) is 5.78 Å². The first-order valence-electron chi connectivity index (χ1n) is 11.0. The molecule has 0 aromatic rings. The molecule has 0 aromatic heterocycles. The number of aliphatic hydroxyl groups excluding tert-OH is 1. The molecular formula is C21H33NO5S. The van der Waals surface area contributed by atoms with Crippen molar-refractivity contribution in [2.24, 2.45) is 40.4 Å². The van der Waals surface area contributed by atoms with Gasteiger partial charge in [0, 0.05) is 11.3 Å². The lowest BCUT2D eigenvalue weighted by Crippen LogP contribution is -2.60. The van der Waals surface area contributed by atoms with Gasteiger partial charge in [-0.1, -0.05) is 6.92 Å². The first-order valence-corrected chi connectivity index (χ1v) is 12.4. The fourth-order valence-corrected chi connectivity index (χ4v) is 9.59. The van der Waals surface area contributed by atoms with E-state index in [1.807, 2.05) is 0 Å². The minimum atomic E-state index is -3.80. The van der Waals surface area contributed by atoms with Crippen LogP contribution in [0.5, 0.6) is 0 Å². The molecule has 1 aliphatic heterocycles. The predicted molar refractivity (Wildman–Crippen MR) is 103 cm³/mol. The lowest BCUT2D eigenvalue weighted by atomic mass is 9.44. The Bertz CT molecular complexity index is 784. The van der Waals surface area contributed by atoms with Crippen molar-refractivity contribution in [2.45, 2.75) is 77.4 Å². The third-order valence-corrected chi connectivity index (χ3v) is 10.7. The van der Waals surface area contributed by atoms with E-state index in [9.17, 15) is 18.3 Å². The number of hydrogen-bond donors (Lipinski definition) is 2. The number of nitrogens with one attached hydrogen (secondary N) is 1. The maximum Gasteiger partial charge on any atom is 0.336 e. The number of ketones is 1. The Morgan fingerprint density at radius 1 is 1.14 bits per heavy atom. The van der Waals surface area contributed by atoms with Crippen molar-refractivity contribution in [2.75, 3.05) is 6.61 Å². The molecule has 5 aliphatic rings. The van der Waals surface area contributed by atoms with Crippen molar-refractivity contribution in [1.29, 1.82) is 0 Å². The zero-order valence-corrected chi connectivity index (χ0v) is 17.7. The number of Topliss-reactive ketones (excluding diaryl/α,β-unsaturated/α-hetero) is 1. The van der Waals surface area contributed by atoms with Gasteiger partial charge in [-0.05, 0) is 87.4 Å². The van der Waals surface area contributed by atoms with Crippen LogP contribution in [0.25, 0.3) is 0 Å². The minimum Gasteiger partial charge on any atom is -0.391 e. The van der Waals surface area contributed by atoms with E-state index in [0.29, 0.717) is 42.3 Å². The molecule has 0 unspecified atom stereocenters. The molecule has 7 heteroatoms. The van der Waals surface area contributed by atoms with Crippen molar-refractivity contribution in [1.82, 2.24) is 4.72 Å². The quantitative estimate of drug-likeness (QED) is 0.691. The van der Waals surface area contributed by atoms with E-state index in [0.717, 1.165) is 38.5 Å². The molecule has 2 bridgehead atoms. The molecule has 158 valence electrons. The van der Waals surface area contributed by atoms with Gasteiger partial charge in [0.15, 0.2) is 0 Å². The van der Waals surface area contributed by atoms with Gasteiger partial charge in [0.05, 0.1) is 18.8 Å². The van der Waals surface area contributed by atoms with Gasteiger partial charge in [0.2, 0.25) is 0 Å². The summed E-state index contributed by atoms with van der Waals surface area (Å²) in [7, 11) is -3.80. The van der Waals surface area contributed by atoms with Crippen LogP contribution in [0.1, 0.15) is 65.2 Å². The van der Waals surface area contributed by atoms with Crippen LogP contribution in [0.15, 0.2) is 0 Å². The fourth-order valence-electron chi connectivity index (χ4n) is 8.54. The Kier molecular flexibility index (Phi) is 4.35. The lowest BCUT2D eigenvalue weighted by Gasteiger charge is -2.61. The second kappa shape index (κ2) is 6.25. The minimum absolute atomic E-state index is 0.0972. The predicted octanol–water partition coefficient (Wildman–Crippen LogP) is 2.42. The molecule has 2 N–H and O–H groups in total. The fraction of sp³-hybridized carbons (Fsp3) is 0.952. The molecule has 0 amide bonds. The van der Waals surface area contributed by atoms with E-state index in [-0.39, 0.29) is 23.4 Å². The smallest absolute Gasteiger partial charge is 0.336 e. The summed E-state index contributed by atoms with van der Waals surface area (Å²) in [6.45, 7) is 4.33. The molecule has 4 saturated carbocycles. The van der Waals surface area contributed by atoms with Crippen LogP contribution in [-0.2, 0) is 19.3 Å². The topological polar surface area (TPSA) is 92.7 Å². The Hall–Kier alpha value is -0.500. The number of hydrogen-bond acceptors (Lipinski definition) is 5. The van der Waals surface area contributed by atoms with E-state index in [1.54, 1.807) is 6.92 Å². The van der Waals surface area contributed by atoms with E-state index in [2.05, 4.69) is 11.6 Å². The van der Waals surface area contributed by atoms with Gasteiger partial charge in [-0.2, -0.15) is 13.1 Å². The lowest BCUT2D eigenvalue weighted by molar-refractivity contribution is -0.153. The van der Waals surface area contributed by atoms with Crippen LogP contribution in [0.2, 0.25) is 0 Å². The monoisotopic (exact) mass is 411 g/mol. The average molecular weight is 412 g/mol. The number of fused-ring (bicyclic) bond motifs is 4. The third-order valence-electron chi connectivity index (χ3n) is 9.70. The van der Waals surface area contributed by atoms with Gasteiger partial charge >= 0.3 is 10.3 Å². The van der Waals surface area contributed by atoms with Gasteiger partial charge in [-0.25, -0.2) is 0 Å². The second-order valence-corrected chi connectivity index (χ2v) is 12.0. The van der Waals surface area contributed by atoms with Crippen LogP contribution >= 0.6 is 0 Å². The Labute approximate surface area is 168 Å². The van der Waals surface area contributed by atoms with Gasteiger partial charge < -0.3 is 5.11 Å². The molecule has 5 rings (SSSR count). The highest BCUT2D eigenvalue weighted by Crippen LogP contribution is 2.67. The van der Waals surface area contributed by atoms with Crippen molar-refractivity contribution in [3.05, 3.63) is 0 Å². The second-order valence-electron chi connectivity index (χ2n) is 10.6. The molecule has 1 saturated heterocycles. The summed E-state index contributed by atoms with van der Waals surface area (Å²) < 4.78 is 32.6. The molecule has 28 heavy (non-hydrogen) atoms. The highest BCUT2D eigenvalue weighted by atomic mass is 32.2. The molecule has 0 aromatic carbocycles. The average Bonchev–Trinajstić information content (AvgIpc) is 2.92. The summed E-state index contributed by atoms with van der Waals surface area (Å²) in [4.78, 5) is 12.3. The van der Waals surface area contributed by atoms with Crippen LogP contribution in [-0.4, -0.2) is 38.1 Å². The normalized spacial score (nSPS) is 54.8. The summed E-state index contributed by atoms with van der Waals surface area (Å²) in [6.07, 6.45) is 7.10. The molecule has 9 atom stereocenters. The van der Waals surface area contributed by atoms with Crippen LogP contribution < -0.4 is 4.72 Å². The van der Waals surface area contributed by atoms with Crippen molar-refractivity contribution < 1.29 is 22.5 Å². The summed E-state index contributed by atoms with van der Waals surface area (Å²) >= 11 is 0. The summed E-state index contributed by atoms with van der Waals surface area (Å²) in [5, 5.41) is 10.6. The van der Waals surface area contributed by atoms with Gasteiger partial charge in [-0.3, -0.25) is 8.98 Å². The number of carbonyl (C=O) groups is 1. The largest absolute Gasteiger partial charge is 0.391 e. The summed E-state index contributed by atoms with van der Waals surface area (Å²) in [5.41, 5.74) is -0.0704. The zero-order chi connectivity index (χ0) is 19.9. The van der Waals surface area contributed by atoms with E-state index in [1.165, 1.54) is 0 Å². The SMILES string of the molecule is CC(=O)[C@H]1CC[C@H]2[C@@H]3CC[C@H]4C[C@H](O)[C@@H]5C[C@]4(COS(=O)(=O)N5)[C@H]3CC[C@]12C. The molecule has 1 heterocycles. The number of rotatable bonds is 1. The van der Waals surface area contributed by atoms with Crippen molar-refractivity contribution >= 4 is 16.1 Å². The first kappa shape index (κ1) is 19.5. The van der Waals surface area contributed by atoms with E-state index >= 15 is 0 Å². The Morgan fingerprint density at radius 2 is 1.93 bits per heavy atom.